The number of anilines is 1. The number of aromatic nitrogens is 2. The Morgan fingerprint density at radius 2 is 2.35 bits per heavy atom. The zero-order chi connectivity index (χ0) is 14.4. The highest BCUT2D eigenvalue weighted by molar-refractivity contribution is 5.59. The van der Waals surface area contributed by atoms with Crippen LogP contribution in [0.4, 0.5) is 11.4 Å². The Morgan fingerprint density at radius 3 is 3.00 bits per heavy atom. The Balaban J connectivity index is 1.91. The van der Waals surface area contributed by atoms with Crippen LogP contribution in [0, 0.1) is 21.4 Å². The number of nitrogens with one attached hydrogen (secondary N) is 1. The molecule has 1 heterocycles. The van der Waals surface area contributed by atoms with E-state index >= 15 is 0 Å². The fraction of sp³-hybridized carbons (Fsp3) is 0.231. The van der Waals surface area contributed by atoms with Crippen LogP contribution >= 0.6 is 0 Å². The van der Waals surface area contributed by atoms with Gasteiger partial charge in [0, 0.05) is 37.2 Å². The lowest BCUT2D eigenvalue weighted by molar-refractivity contribution is -0.385. The summed E-state index contributed by atoms with van der Waals surface area (Å²) in [5.41, 5.74) is 0.526. The van der Waals surface area contributed by atoms with Gasteiger partial charge < -0.3 is 5.32 Å². The molecule has 0 aliphatic carbocycles. The first-order valence-corrected chi connectivity index (χ1v) is 6.10. The number of nitro benzene ring substituents is 1. The Kier molecular flexibility index (Phi) is 4.29. The monoisotopic (exact) mass is 271 g/mol. The number of aryl methyl sites for hydroxylation is 1. The Bertz CT molecular complexity index is 631. The number of nitrogens with zero attached hydrogens (tertiary/aromatic N) is 4. The second kappa shape index (κ2) is 6.33. The van der Waals surface area contributed by atoms with Gasteiger partial charge in [0.1, 0.15) is 11.6 Å². The van der Waals surface area contributed by atoms with Crippen molar-refractivity contribution in [1.82, 2.24) is 9.78 Å². The quantitative estimate of drug-likeness (QED) is 0.493. The van der Waals surface area contributed by atoms with Crippen LogP contribution in [0.2, 0.25) is 0 Å². The Morgan fingerprint density at radius 1 is 1.50 bits per heavy atom. The van der Waals surface area contributed by atoms with Crippen LogP contribution in [-0.4, -0.2) is 21.2 Å². The lowest BCUT2D eigenvalue weighted by Crippen LogP contribution is -2.07. The van der Waals surface area contributed by atoms with Crippen molar-refractivity contribution in [2.45, 2.75) is 13.0 Å². The predicted molar refractivity (Wildman–Crippen MR) is 73.1 cm³/mol. The van der Waals surface area contributed by atoms with E-state index in [1.807, 2.05) is 23.0 Å². The third kappa shape index (κ3) is 3.32. The van der Waals surface area contributed by atoms with Crippen LogP contribution in [0.1, 0.15) is 12.0 Å². The van der Waals surface area contributed by atoms with E-state index in [1.54, 1.807) is 12.3 Å². The molecule has 7 heteroatoms. The number of rotatable bonds is 6. The van der Waals surface area contributed by atoms with E-state index in [2.05, 4.69) is 10.4 Å². The summed E-state index contributed by atoms with van der Waals surface area (Å²) in [6.07, 6.45) is 4.44. The first kappa shape index (κ1) is 13.5. The molecule has 0 atom stereocenters. The van der Waals surface area contributed by atoms with E-state index in [4.69, 9.17) is 5.26 Å². The van der Waals surface area contributed by atoms with Crippen molar-refractivity contribution < 1.29 is 4.92 Å². The summed E-state index contributed by atoms with van der Waals surface area (Å²) >= 11 is 0. The van der Waals surface area contributed by atoms with Crippen LogP contribution < -0.4 is 5.32 Å². The van der Waals surface area contributed by atoms with Gasteiger partial charge in [-0.05, 0) is 24.6 Å². The molecule has 1 aromatic heterocycles. The van der Waals surface area contributed by atoms with Crippen molar-refractivity contribution >= 4 is 11.4 Å². The third-order valence-electron chi connectivity index (χ3n) is 2.77. The number of benzene rings is 1. The van der Waals surface area contributed by atoms with Gasteiger partial charge in [-0.15, -0.1) is 0 Å². The fourth-order valence-corrected chi connectivity index (χ4v) is 1.79. The van der Waals surface area contributed by atoms with Crippen molar-refractivity contribution in [2.24, 2.45) is 0 Å². The molecule has 0 spiro atoms. The van der Waals surface area contributed by atoms with Gasteiger partial charge in [-0.25, -0.2) is 0 Å². The first-order valence-electron chi connectivity index (χ1n) is 6.10. The van der Waals surface area contributed by atoms with Gasteiger partial charge in [0.05, 0.1) is 4.92 Å². The summed E-state index contributed by atoms with van der Waals surface area (Å²) in [5, 5.41) is 26.8. The van der Waals surface area contributed by atoms with Gasteiger partial charge in [0.15, 0.2) is 0 Å². The van der Waals surface area contributed by atoms with Gasteiger partial charge in [-0.1, -0.05) is 0 Å². The van der Waals surface area contributed by atoms with E-state index in [9.17, 15) is 10.1 Å². The van der Waals surface area contributed by atoms with Crippen molar-refractivity contribution in [1.29, 1.82) is 5.26 Å². The van der Waals surface area contributed by atoms with Gasteiger partial charge in [0.2, 0.25) is 0 Å². The molecule has 0 aliphatic heterocycles. The molecule has 0 amide bonds. The Hall–Kier alpha value is -2.88. The van der Waals surface area contributed by atoms with Gasteiger partial charge in [-0.3, -0.25) is 14.8 Å². The maximum Gasteiger partial charge on any atom is 0.289 e. The summed E-state index contributed by atoms with van der Waals surface area (Å²) in [5.74, 6) is 0. The fourth-order valence-electron chi connectivity index (χ4n) is 1.79. The van der Waals surface area contributed by atoms with E-state index < -0.39 is 4.92 Å². The van der Waals surface area contributed by atoms with Gasteiger partial charge in [0.25, 0.3) is 5.69 Å². The molecule has 0 saturated carbocycles. The smallest absolute Gasteiger partial charge is 0.289 e. The van der Waals surface area contributed by atoms with Gasteiger partial charge >= 0.3 is 0 Å². The molecular formula is C13H13N5O2. The van der Waals surface area contributed by atoms with Crippen LogP contribution in [0.25, 0.3) is 0 Å². The van der Waals surface area contributed by atoms with Crippen LogP contribution in [0.5, 0.6) is 0 Å². The number of hydrogen-bond acceptors (Lipinski definition) is 5. The first-order chi connectivity index (χ1) is 9.70. The molecule has 1 N–H and O–H groups in total. The summed E-state index contributed by atoms with van der Waals surface area (Å²) in [6, 6.07) is 8.17. The summed E-state index contributed by atoms with van der Waals surface area (Å²) in [4.78, 5) is 10.3. The van der Waals surface area contributed by atoms with Crippen molar-refractivity contribution in [3.63, 3.8) is 0 Å². The SMILES string of the molecule is N#Cc1ccc(NCCCn2cccn2)cc1[N+](=O)[O-]. The predicted octanol–water partition coefficient (Wildman–Crippen LogP) is 2.17. The highest BCUT2D eigenvalue weighted by atomic mass is 16.6. The highest BCUT2D eigenvalue weighted by Gasteiger charge is 2.13. The zero-order valence-electron chi connectivity index (χ0n) is 10.7. The largest absolute Gasteiger partial charge is 0.385 e. The van der Waals surface area contributed by atoms with Crippen LogP contribution in [0.15, 0.2) is 36.7 Å². The molecule has 0 radical (unpaired) electrons. The van der Waals surface area contributed by atoms with E-state index in [1.165, 1.54) is 12.1 Å². The van der Waals surface area contributed by atoms with Crippen molar-refractivity contribution in [3.8, 4) is 6.07 Å². The molecular weight excluding hydrogens is 258 g/mol. The molecule has 0 fully saturated rings. The van der Waals surface area contributed by atoms with Crippen LogP contribution in [0.3, 0.4) is 0 Å². The van der Waals surface area contributed by atoms with Crippen molar-refractivity contribution in [2.75, 3.05) is 11.9 Å². The second-order valence-electron chi connectivity index (χ2n) is 4.15. The third-order valence-corrected chi connectivity index (χ3v) is 2.77. The maximum atomic E-state index is 10.8. The molecule has 0 unspecified atom stereocenters. The topological polar surface area (TPSA) is 96.8 Å². The number of nitriles is 1. The zero-order valence-corrected chi connectivity index (χ0v) is 10.7. The van der Waals surface area contributed by atoms with E-state index in [0.29, 0.717) is 12.2 Å². The lowest BCUT2D eigenvalue weighted by Gasteiger charge is -2.06. The van der Waals surface area contributed by atoms with E-state index in [0.717, 1.165) is 13.0 Å². The number of hydrogen-bond donors (Lipinski definition) is 1. The second-order valence-corrected chi connectivity index (χ2v) is 4.15. The van der Waals surface area contributed by atoms with Crippen molar-refractivity contribution in [3.05, 3.63) is 52.3 Å². The summed E-state index contributed by atoms with van der Waals surface area (Å²) in [7, 11) is 0. The molecule has 0 saturated heterocycles. The lowest BCUT2D eigenvalue weighted by atomic mass is 10.2. The minimum atomic E-state index is -0.548. The summed E-state index contributed by atoms with van der Waals surface area (Å²) < 4.78 is 1.82. The average molecular weight is 271 g/mol. The van der Waals surface area contributed by atoms with Crippen LogP contribution in [-0.2, 0) is 6.54 Å². The molecule has 20 heavy (non-hydrogen) atoms. The standard InChI is InChI=1S/C13H13N5O2/c14-10-11-3-4-12(9-13(11)18(19)20)15-5-1-7-17-8-2-6-16-17/h2-4,6,8-9,15H,1,5,7H2. The molecule has 0 aliphatic rings. The van der Waals surface area contributed by atoms with E-state index in [-0.39, 0.29) is 11.3 Å². The van der Waals surface area contributed by atoms with Gasteiger partial charge in [-0.2, -0.15) is 10.4 Å². The maximum absolute atomic E-state index is 10.8. The Labute approximate surface area is 115 Å². The number of nitro groups is 1. The normalized spacial score (nSPS) is 9.95. The molecule has 2 rings (SSSR count). The summed E-state index contributed by atoms with van der Waals surface area (Å²) in [6.45, 7) is 1.45. The molecule has 1 aromatic carbocycles. The highest BCUT2D eigenvalue weighted by Crippen LogP contribution is 2.22. The molecule has 102 valence electrons. The molecule has 7 nitrogen and oxygen atoms in total. The minimum Gasteiger partial charge on any atom is -0.385 e. The average Bonchev–Trinajstić information content (AvgIpc) is 2.96. The minimum absolute atomic E-state index is 0.0668. The molecule has 2 aromatic rings. The molecule has 0 bridgehead atoms.